The van der Waals surface area contributed by atoms with E-state index < -0.39 is 0 Å². The lowest BCUT2D eigenvalue weighted by molar-refractivity contribution is -0.117. The van der Waals surface area contributed by atoms with Crippen LogP contribution in [0.15, 0.2) is 42.5 Å². The molecule has 2 aromatic rings. The van der Waals surface area contributed by atoms with Crippen molar-refractivity contribution in [1.82, 2.24) is 4.90 Å². The fourth-order valence-corrected chi connectivity index (χ4v) is 3.02. The van der Waals surface area contributed by atoms with Gasteiger partial charge in [-0.15, -0.1) is 0 Å². The Morgan fingerprint density at radius 1 is 0.957 bits per heavy atom. The van der Waals surface area contributed by atoms with E-state index in [1.54, 1.807) is 6.07 Å². The monoisotopic (exact) mass is 308 g/mol. The van der Waals surface area contributed by atoms with Crippen molar-refractivity contribution < 1.29 is 9.59 Å². The average molecular weight is 308 g/mol. The molecule has 0 saturated heterocycles. The van der Waals surface area contributed by atoms with Crippen molar-refractivity contribution >= 4 is 17.4 Å². The summed E-state index contributed by atoms with van der Waals surface area (Å²) in [5.41, 5.74) is 3.73. The lowest BCUT2D eigenvalue weighted by atomic mass is 10.0. The SMILES string of the molecule is CCN(CC)CC(=O)Nc1cccc2c1C(=O)c1ccccc1-2. The number of carbonyl (C=O) groups is 2. The maximum Gasteiger partial charge on any atom is 0.238 e. The molecule has 4 nitrogen and oxygen atoms in total. The summed E-state index contributed by atoms with van der Waals surface area (Å²) in [5, 5.41) is 2.91. The van der Waals surface area contributed by atoms with Crippen LogP contribution in [0.3, 0.4) is 0 Å². The van der Waals surface area contributed by atoms with Gasteiger partial charge in [0.15, 0.2) is 5.78 Å². The van der Waals surface area contributed by atoms with E-state index in [-0.39, 0.29) is 11.7 Å². The van der Waals surface area contributed by atoms with Crippen molar-refractivity contribution in [2.75, 3.05) is 25.0 Å². The number of benzene rings is 2. The van der Waals surface area contributed by atoms with Gasteiger partial charge >= 0.3 is 0 Å². The van der Waals surface area contributed by atoms with Crippen LogP contribution in [0, 0.1) is 0 Å². The first-order valence-corrected chi connectivity index (χ1v) is 7.95. The summed E-state index contributed by atoms with van der Waals surface area (Å²) in [6, 6.07) is 13.2. The zero-order valence-corrected chi connectivity index (χ0v) is 13.4. The summed E-state index contributed by atoms with van der Waals surface area (Å²) in [6.45, 7) is 6.02. The molecule has 2 aromatic carbocycles. The molecule has 0 atom stereocenters. The number of likely N-dealkylation sites (N-methyl/N-ethyl adjacent to an activating group) is 1. The minimum atomic E-state index is -0.0918. The van der Waals surface area contributed by atoms with Crippen molar-refractivity contribution in [3.63, 3.8) is 0 Å². The second-order valence-corrected chi connectivity index (χ2v) is 5.61. The van der Waals surface area contributed by atoms with E-state index in [9.17, 15) is 9.59 Å². The third kappa shape index (κ3) is 2.78. The van der Waals surface area contributed by atoms with Crippen LogP contribution in [-0.2, 0) is 4.79 Å². The normalized spacial score (nSPS) is 12.2. The number of hydrogen-bond donors (Lipinski definition) is 1. The van der Waals surface area contributed by atoms with Gasteiger partial charge in [0, 0.05) is 5.56 Å². The highest BCUT2D eigenvalue weighted by atomic mass is 16.2. The van der Waals surface area contributed by atoms with Gasteiger partial charge in [0.25, 0.3) is 0 Å². The molecule has 0 heterocycles. The summed E-state index contributed by atoms with van der Waals surface area (Å²) in [4.78, 5) is 27.0. The van der Waals surface area contributed by atoms with Crippen LogP contribution in [0.1, 0.15) is 29.8 Å². The topological polar surface area (TPSA) is 49.4 Å². The van der Waals surface area contributed by atoms with Gasteiger partial charge in [0.2, 0.25) is 5.91 Å². The number of fused-ring (bicyclic) bond motifs is 3. The average Bonchev–Trinajstić information content (AvgIpc) is 2.87. The Morgan fingerprint density at radius 3 is 2.30 bits per heavy atom. The summed E-state index contributed by atoms with van der Waals surface area (Å²) in [6.07, 6.45) is 0. The molecule has 0 bridgehead atoms. The van der Waals surface area contributed by atoms with Gasteiger partial charge in [0.1, 0.15) is 0 Å². The van der Waals surface area contributed by atoms with Crippen LogP contribution in [0.4, 0.5) is 5.69 Å². The van der Waals surface area contributed by atoms with Crippen LogP contribution >= 0.6 is 0 Å². The Kier molecular flexibility index (Phi) is 4.26. The first-order chi connectivity index (χ1) is 11.2. The summed E-state index contributed by atoms with van der Waals surface area (Å²) in [5.74, 6) is -0.111. The smallest absolute Gasteiger partial charge is 0.238 e. The van der Waals surface area contributed by atoms with E-state index in [0.29, 0.717) is 23.4 Å². The Labute approximate surface area is 136 Å². The van der Waals surface area contributed by atoms with E-state index in [2.05, 4.69) is 5.32 Å². The molecule has 23 heavy (non-hydrogen) atoms. The van der Waals surface area contributed by atoms with Gasteiger partial charge in [-0.1, -0.05) is 50.2 Å². The van der Waals surface area contributed by atoms with E-state index in [0.717, 1.165) is 24.2 Å². The van der Waals surface area contributed by atoms with Gasteiger partial charge in [-0.2, -0.15) is 0 Å². The third-order valence-electron chi connectivity index (χ3n) is 4.29. The van der Waals surface area contributed by atoms with Gasteiger partial charge in [-0.3, -0.25) is 14.5 Å². The molecule has 0 aromatic heterocycles. The number of nitrogens with one attached hydrogen (secondary N) is 1. The molecule has 0 spiro atoms. The second-order valence-electron chi connectivity index (χ2n) is 5.61. The highest BCUT2D eigenvalue weighted by molar-refractivity contribution is 6.25. The van der Waals surface area contributed by atoms with Crippen molar-refractivity contribution in [3.8, 4) is 11.1 Å². The highest BCUT2D eigenvalue weighted by Crippen LogP contribution is 2.39. The zero-order valence-electron chi connectivity index (χ0n) is 13.4. The maximum atomic E-state index is 12.7. The minimum Gasteiger partial charge on any atom is -0.324 e. The van der Waals surface area contributed by atoms with Gasteiger partial charge in [0.05, 0.1) is 17.8 Å². The molecule has 1 aliphatic carbocycles. The van der Waals surface area contributed by atoms with Crippen LogP contribution in [0.5, 0.6) is 0 Å². The summed E-state index contributed by atoms with van der Waals surface area (Å²) in [7, 11) is 0. The van der Waals surface area contributed by atoms with Crippen molar-refractivity contribution in [2.24, 2.45) is 0 Å². The zero-order chi connectivity index (χ0) is 16.4. The number of rotatable bonds is 5. The number of ketones is 1. The Morgan fingerprint density at radius 2 is 1.61 bits per heavy atom. The molecule has 4 heteroatoms. The minimum absolute atomic E-state index is 0.0191. The van der Waals surface area contributed by atoms with Crippen LogP contribution < -0.4 is 5.32 Å². The molecule has 0 fully saturated rings. The molecule has 1 amide bonds. The lowest BCUT2D eigenvalue weighted by Crippen LogP contribution is -2.33. The second kappa shape index (κ2) is 6.34. The molecular weight excluding hydrogens is 288 g/mol. The first-order valence-electron chi connectivity index (χ1n) is 7.95. The molecule has 3 rings (SSSR count). The highest BCUT2D eigenvalue weighted by Gasteiger charge is 2.29. The maximum absolute atomic E-state index is 12.7. The third-order valence-corrected chi connectivity index (χ3v) is 4.29. The molecule has 118 valence electrons. The quantitative estimate of drug-likeness (QED) is 0.787. The molecule has 0 saturated carbocycles. The van der Waals surface area contributed by atoms with E-state index >= 15 is 0 Å². The van der Waals surface area contributed by atoms with E-state index in [1.807, 2.05) is 55.1 Å². The van der Waals surface area contributed by atoms with Crippen molar-refractivity contribution in [1.29, 1.82) is 0 Å². The van der Waals surface area contributed by atoms with Crippen LogP contribution in [0.2, 0.25) is 0 Å². The first kappa shape index (κ1) is 15.4. The van der Waals surface area contributed by atoms with Crippen molar-refractivity contribution in [2.45, 2.75) is 13.8 Å². The predicted molar refractivity (Wildman–Crippen MR) is 91.7 cm³/mol. The Bertz CT molecular complexity index is 764. The number of amides is 1. The van der Waals surface area contributed by atoms with Crippen LogP contribution in [-0.4, -0.2) is 36.2 Å². The van der Waals surface area contributed by atoms with E-state index in [4.69, 9.17) is 0 Å². The molecule has 1 aliphatic rings. The largest absolute Gasteiger partial charge is 0.324 e. The predicted octanol–water partition coefficient (Wildman–Crippen LogP) is 3.18. The van der Waals surface area contributed by atoms with Gasteiger partial charge in [-0.25, -0.2) is 0 Å². The fraction of sp³-hybridized carbons (Fsp3) is 0.263. The molecule has 0 aliphatic heterocycles. The summed E-state index contributed by atoms with van der Waals surface area (Å²) >= 11 is 0. The molecular formula is C19H20N2O2. The molecule has 0 unspecified atom stereocenters. The Balaban J connectivity index is 1.90. The summed E-state index contributed by atoms with van der Waals surface area (Å²) < 4.78 is 0. The molecule has 1 N–H and O–H groups in total. The number of anilines is 1. The fourth-order valence-electron chi connectivity index (χ4n) is 3.02. The van der Waals surface area contributed by atoms with Crippen LogP contribution in [0.25, 0.3) is 11.1 Å². The van der Waals surface area contributed by atoms with Gasteiger partial charge < -0.3 is 5.32 Å². The standard InChI is InChI=1S/C19H20N2O2/c1-3-21(4-2)12-17(22)20-16-11-7-10-14-13-8-5-6-9-15(13)19(23)18(14)16/h5-11H,3-4,12H2,1-2H3,(H,20,22). The number of carbonyl (C=O) groups excluding carboxylic acids is 2. The lowest BCUT2D eigenvalue weighted by Gasteiger charge is -2.18. The van der Waals surface area contributed by atoms with E-state index in [1.165, 1.54) is 0 Å². The molecule has 0 radical (unpaired) electrons. The van der Waals surface area contributed by atoms with Crippen molar-refractivity contribution in [3.05, 3.63) is 53.6 Å². The number of hydrogen-bond acceptors (Lipinski definition) is 3. The van der Waals surface area contributed by atoms with Gasteiger partial charge in [-0.05, 0) is 30.3 Å². The Hall–Kier alpha value is -2.46. The number of nitrogens with zero attached hydrogens (tertiary/aromatic N) is 1.